The molecule has 1 atom stereocenters. The number of aryl methyl sites for hydroxylation is 1. The average Bonchev–Trinajstić information content (AvgIpc) is 3.34. The van der Waals surface area contributed by atoms with Crippen molar-refractivity contribution in [2.24, 2.45) is 0 Å². The molecule has 0 N–H and O–H groups in total. The predicted molar refractivity (Wildman–Crippen MR) is 101 cm³/mol. The van der Waals surface area contributed by atoms with E-state index in [1.54, 1.807) is 22.7 Å². The van der Waals surface area contributed by atoms with Gasteiger partial charge in [0.15, 0.2) is 0 Å². The van der Waals surface area contributed by atoms with Crippen molar-refractivity contribution in [3.8, 4) is 10.8 Å². The fourth-order valence-corrected chi connectivity index (χ4v) is 5.05. The summed E-state index contributed by atoms with van der Waals surface area (Å²) in [7, 11) is 0. The second-order valence-corrected chi connectivity index (χ2v) is 8.18. The van der Waals surface area contributed by atoms with Crippen LogP contribution in [0.5, 0.6) is 0 Å². The van der Waals surface area contributed by atoms with E-state index in [9.17, 15) is 4.79 Å². The van der Waals surface area contributed by atoms with E-state index in [-0.39, 0.29) is 11.9 Å². The quantitative estimate of drug-likeness (QED) is 0.657. The van der Waals surface area contributed by atoms with Crippen molar-refractivity contribution in [1.82, 2.24) is 9.88 Å². The van der Waals surface area contributed by atoms with Crippen molar-refractivity contribution in [2.45, 2.75) is 39.2 Å². The maximum Gasteiger partial charge on any atom is 0.236 e. The molecule has 1 unspecified atom stereocenters. The highest BCUT2D eigenvalue weighted by atomic mass is 32.1. The number of aromatic nitrogens is 1. The van der Waals surface area contributed by atoms with E-state index in [2.05, 4.69) is 23.4 Å². The van der Waals surface area contributed by atoms with Crippen LogP contribution in [0, 0.1) is 6.92 Å². The van der Waals surface area contributed by atoms with E-state index >= 15 is 0 Å². The van der Waals surface area contributed by atoms with Crippen LogP contribution in [0.2, 0.25) is 0 Å². The minimum atomic E-state index is 0.137. The molecule has 0 spiro atoms. The molecule has 1 aliphatic rings. The minimum absolute atomic E-state index is 0.137. The number of thiophene rings is 2. The van der Waals surface area contributed by atoms with Crippen LogP contribution in [0.25, 0.3) is 10.8 Å². The molecule has 0 saturated carbocycles. The lowest BCUT2D eigenvalue weighted by atomic mass is 9.97. The average molecular weight is 373 g/mol. The molecule has 3 aromatic rings. The van der Waals surface area contributed by atoms with Crippen molar-refractivity contribution < 1.29 is 9.21 Å². The second-order valence-electron chi connectivity index (χ2n) is 6.24. The Morgan fingerprint density at radius 3 is 3.00 bits per heavy atom. The standard InChI is InChI=1S/C19H20N2O2S2/c1-3-15-13-7-10-25-16(13)6-8-21(15)18(22)11-14-12(2)23-19(20-14)17-5-4-9-24-17/h4-5,7,9-10,15H,3,6,8,11H2,1-2H3. The summed E-state index contributed by atoms with van der Waals surface area (Å²) < 4.78 is 5.77. The Bertz CT molecular complexity index is 879. The largest absolute Gasteiger partial charge is 0.440 e. The molecule has 0 saturated heterocycles. The molecule has 4 nitrogen and oxygen atoms in total. The molecule has 1 aliphatic heterocycles. The summed E-state index contributed by atoms with van der Waals surface area (Å²) in [5.74, 6) is 1.48. The van der Waals surface area contributed by atoms with Gasteiger partial charge < -0.3 is 9.32 Å². The number of oxazole rings is 1. The van der Waals surface area contributed by atoms with E-state index < -0.39 is 0 Å². The third kappa shape index (κ3) is 3.04. The number of rotatable bonds is 4. The molecule has 0 aliphatic carbocycles. The highest BCUT2D eigenvalue weighted by Crippen LogP contribution is 2.35. The molecule has 4 rings (SSSR count). The lowest BCUT2D eigenvalue weighted by molar-refractivity contribution is -0.133. The summed E-state index contributed by atoms with van der Waals surface area (Å²) in [5.41, 5.74) is 2.07. The molecule has 0 fully saturated rings. The monoisotopic (exact) mass is 372 g/mol. The van der Waals surface area contributed by atoms with Crippen LogP contribution < -0.4 is 0 Å². The van der Waals surface area contributed by atoms with Gasteiger partial charge in [-0.2, -0.15) is 0 Å². The molecular weight excluding hydrogens is 352 g/mol. The van der Waals surface area contributed by atoms with Crippen LogP contribution in [-0.4, -0.2) is 22.3 Å². The van der Waals surface area contributed by atoms with E-state index in [1.807, 2.05) is 29.3 Å². The fraction of sp³-hybridized carbons (Fsp3) is 0.368. The van der Waals surface area contributed by atoms with E-state index in [4.69, 9.17) is 4.42 Å². The van der Waals surface area contributed by atoms with Crippen molar-refractivity contribution in [2.75, 3.05) is 6.54 Å². The lowest BCUT2D eigenvalue weighted by Gasteiger charge is -2.35. The summed E-state index contributed by atoms with van der Waals surface area (Å²) in [6.07, 6.45) is 2.19. The summed E-state index contributed by atoms with van der Waals surface area (Å²) in [6, 6.07) is 6.32. The van der Waals surface area contributed by atoms with E-state index in [0.717, 1.165) is 35.7 Å². The molecule has 0 bridgehead atoms. The van der Waals surface area contributed by atoms with Crippen molar-refractivity contribution in [3.63, 3.8) is 0 Å². The molecular formula is C19H20N2O2S2. The third-order valence-electron chi connectivity index (χ3n) is 4.75. The van der Waals surface area contributed by atoms with Crippen LogP contribution in [0.1, 0.15) is 41.3 Å². The zero-order valence-electron chi connectivity index (χ0n) is 14.3. The molecule has 25 heavy (non-hydrogen) atoms. The van der Waals surface area contributed by atoms with Gasteiger partial charge >= 0.3 is 0 Å². The number of fused-ring (bicyclic) bond motifs is 1. The molecule has 0 aromatic carbocycles. The van der Waals surface area contributed by atoms with Crippen LogP contribution in [0.4, 0.5) is 0 Å². The smallest absolute Gasteiger partial charge is 0.236 e. The van der Waals surface area contributed by atoms with Gasteiger partial charge in [-0.25, -0.2) is 4.98 Å². The summed E-state index contributed by atoms with van der Waals surface area (Å²) in [4.78, 5) is 22.0. The second kappa shape index (κ2) is 6.77. The van der Waals surface area contributed by atoms with Crippen LogP contribution in [0.3, 0.4) is 0 Å². The van der Waals surface area contributed by atoms with Gasteiger partial charge in [-0.1, -0.05) is 13.0 Å². The normalized spacial score (nSPS) is 16.9. The maximum absolute atomic E-state index is 13.0. The van der Waals surface area contributed by atoms with Gasteiger partial charge in [0.2, 0.25) is 11.8 Å². The molecule has 130 valence electrons. The number of carbonyl (C=O) groups excluding carboxylic acids is 1. The zero-order chi connectivity index (χ0) is 17.4. The predicted octanol–water partition coefficient (Wildman–Crippen LogP) is 4.85. The third-order valence-corrected chi connectivity index (χ3v) is 6.60. The Hall–Kier alpha value is -1.92. The Kier molecular flexibility index (Phi) is 4.48. The first-order valence-corrected chi connectivity index (χ1v) is 10.3. The Morgan fingerprint density at radius 1 is 1.36 bits per heavy atom. The van der Waals surface area contributed by atoms with Gasteiger partial charge in [-0.15, -0.1) is 22.7 Å². The first kappa shape index (κ1) is 16.5. The van der Waals surface area contributed by atoms with Crippen LogP contribution >= 0.6 is 22.7 Å². The van der Waals surface area contributed by atoms with Crippen LogP contribution in [-0.2, 0) is 17.6 Å². The molecule has 0 radical (unpaired) electrons. The van der Waals surface area contributed by atoms with Crippen molar-refractivity contribution in [3.05, 3.63) is 50.9 Å². The number of amides is 1. The zero-order valence-corrected chi connectivity index (χ0v) is 16.0. The number of hydrogen-bond acceptors (Lipinski definition) is 5. The minimum Gasteiger partial charge on any atom is -0.440 e. The van der Waals surface area contributed by atoms with Gasteiger partial charge in [0.25, 0.3) is 0 Å². The van der Waals surface area contributed by atoms with Gasteiger partial charge in [-0.3, -0.25) is 4.79 Å². The molecule has 6 heteroatoms. The first-order valence-electron chi connectivity index (χ1n) is 8.53. The first-order chi connectivity index (χ1) is 12.2. The maximum atomic E-state index is 13.0. The Labute approximate surface area is 155 Å². The van der Waals surface area contributed by atoms with Crippen molar-refractivity contribution >= 4 is 28.6 Å². The highest BCUT2D eigenvalue weighted by Gasteiger charge is 2.31. The van der Waals surface area contributed by atoms with Gasteiger partial charge in [0.1, 0.15) is 5.76 Å². The van der Waals surface area contributed by atoms with Crippen molar-refractivity contribution in [1.29, 1.82) is 0 Å². The summed E-state index contributed by atoms with van der Waals surface area (Å²) >= 11 is 3.39. The van der Waals surface area contributed by atoms with Gasteiger partial charge in [-0.05, 0) is 48.2 Å². The molecule has 3 aromatic heterocycles. The van der Waals surface area contributed by atoms with Gasteiger partial charge in [0, 0.05) is 11.4 Å². The lowest BCUT2D eigenvalue weighted by Crippen LogP contribution is -2.40. The number of nitrogens with zero attached hydrogens (tertiary/aromatic N) is 2. The van der Waals surface area contributed by atoms with Crippen LogP contribution in [0.15, 0.2) is 33.4 Å². The van der Waals surface area contributed by atoms with Gasteiger partial charge in [0.05, 0.1) is 23.0 Å². The fourth-order valence-electron chi connectivity index (χ4n) is 3.48. The number of carbonyl (C=O) groups is 1. The Morgan fingerprint density at radius 2 is 2.24 bits per heavy atom. The number of hydrogen-bond donors (Lipinski definition) is 0. The molecule has 4 heterocycles. The summed E-state index contributed by atoms with van der Waals surface area (Å²) in [6.45, 7) is 4.82. The Balaban J connectivity index is 1.54. The van der Waals surface area contributed by atoms with E-state index in [1.165, 1.54) is 10.4 Å². The summed E-state index contributed by atoms with van der Waals surface area (Å²) in [5, 5.41) is 4.13. The van der Waals surface area contributed by atoms with E-state index in [0.29, 0.717) is 12.3 Å². The SMILES string of the molecule is CCC1c2ccsc2CCN1C(=O)Cc1nc(-c2cccs2)oc1C. The molecule has 1 amide bonds. The highest BCUT2D eigenvalue weighted by molar-refractivity contribution is 7.13. The topological polar surface area (TPSA) is 46.3 Å².